The Morgan fingerprint density at radius 1 is 1.36 bits per heavy atom. The number of hydrogen-bond donors (Lipinski definition) is 0. The van der Waals surface area contributed by atoms with Crippen LogP contribution in [0.3, 0.4) is 0 Å². The molecule has 28 heavy (non-hydrogen) atoms. The molecule has 0 bridgehead atoms. The van der Waals surface area contributed by atoms with Gasteiger partial charge in [0.15, 0.2) is 5.82 Å². The van der Waals surface area contributed by atoms with E-state index in [9.17, 15) is 9.59 Å². The molecule has 8 heteroatoms. The lowest BCUT2D eigenvalue weighted by Gasteiger charge is -2.22. The number of carbonyl (C=O) groups excluding carboxylic acids is 1. The first-order valence-electron chi connectivity index (χ1n) is 9.18. The number of hydrogen-bond acceptors (Lipinski definition) is 7. The van der Waals surface area contributed by atoms with Crippen molar-refractivity contribution in [1.82, 2.24) is 15.0 Å². The zero-order valence-corrected chi connectivity index (χ0v) is 16.0. The number of benzene rings is 1. The number of aromatic nitrogens is 2. The molecule has 0 radical (unpaired) electrons. The highest BCUT2D eigenvalue weighted by Gasteiger charge is 2.34. The molecule has 1 aliphatic rings. The summed E-state index contributed by atoms with van der Waals surface area (Å²) in [5.41, 5.74) is 1.05. The minimum Gasteiger partial charge on any atom is -0.497 e. The van der Waals surface area contributed by atoms with E-state index in [0.717, 1.165) is 23.8 Å². The van der Waals surface area contributed by atoms with Crippen molar-refractivity contribution in [2.45, 2.75) is 39.2 Å². The van der Waals surface area contributed by atoms with Crippen molar-refractivity contribution in [2.24, 2.45) is 0 Å². The lowest BCUT2D eigenvalue weighted by molar-refractivity contribution is -0.131. The van der Waals surface area contributed by atoms with Crippen LogP contribution in [0.4, 0.5) is 0 Å². The number of aryl methyl sites for hydroxylation is 2. The Balaban J connectivity index is 1.64. The molecule has 146 valence electrons. The topological polar surface area (TPSA) is 98.7 Å². The minimum absolute atomic E-state index is 0.0280. The Kier molecular flexibility index (Phi) is 4.62. The van der Waals surface area contributed by atoms with E-state index in [4.69, 9.17) is 13.7 Å². The van der Waals surface area contributed by atoms with Gasteiger partial charge in [0.05, 0.1) is 19.1 Å². The van der Waals surface area contributed by atoms with E-state index in [1.165, 1.54) is 0 Å². The molecule has 1 aliphatic heterocycles. The first-order chi connectivity index (χ1) is 13.5. The van der Waals surface area contributed by atoms with Gasteiger partial charge in [-0.3, -0.25) is 4.79 Å². The standard InChI is InChI=1S/C20H21N3O5/c1-11-14-7-6-13(26-3)9-17(14)27-20(25)15(11)10-18(24)23-8-4-5-16(23)19-21-12(2)22-28-19/h6-7,9,16H,4-5,8,10H2,1-3H3. The first-order valence-corrected chi connectivity index (χ1v) is 9.18. The van der Waals surface area contributed by atoms with Crippen LogP contribution in [0.2, 0.25) is 0 Å². The largest absolute Gasteiger partial charge is 0.497 e. The highest BCUT2D eigenvalue weighted by atomic mass is 16.5. The molecule has 0 N–H and O–H groups in total. The van der Waals surface area contributed by atoms with Gasteiger partial charge in [-0.1, -0.05) is 5.16 Å². The predicted molar refractivity (Wildman–Crippen MR) is 100 cm³/mol. The molecular formula is C20H21N3O5. The van der Waals surface area contributed by atoms with Crippen LogP contribution in [-0.2, 0) is 11.2 Å². The van der Waals surface area contributed by atoms with Crippen LogP contribution >= 0.6 is 0 Å². The summed E-state index contributed by atoms with van der Waals surface area (Å²) in [6.45, 7) is 4.17. The fraction of sp³-hybridized carbons (Fsp3) is 0.400. The van der Waals surface area contributed by atoms with Gasteiger partial charge in [-0.15, -0.1) is 0 Å². The van der Waals surface area contributed by atoms with Crippen LogP contribution < -0.4 is 10.4 Å². The van der Waals surface area contributed by atoms with Crippen molar-refractivity contribution in [1.29, 1.82) is 0 Å². The summed E-state index contributed by atoms with van der Waals surface area (Å²) in [7, 11) is 1.55. The van der Waals surface area contributed by atoms with E-state index in [-0.39, 0.29) is 18.4 Å². The van der Waals surface area contributed by atoms with Crippen LogP contribution in [0.15, 0.2) is 31.9 Å². The fourth-order valence-corrected chi connectivity index (χ4v) is 3.73. The average Bonchev–Trinajstić information content (AvgIpc) is 3.33. The quantitative estimate of drug-likeness (QED) is 0.639. The van der Waals surface area contributed by atoms with Crippen LogP contribution in [0.25, 0.3) is 11.0 Å². The van der Waals surface area contributed by atoms with Gasteiger partial charge in [0.2, 0.25) is 11.8 Å². The zero-order valence-electron chi connectivity index (χ0n) is 16.0. The second kappa shape index (κ2) is 7.10. The molecule has 4 rings (SSSR count). The molecule has 8 nitrogen and oxygen atoms in total. The van der Waals surface area contributed by atoms with Gasteiger partial charge < -0.3 is 18.6 Å². The highest BCUT2D eigenvalue weighted by molar-refractivity contribution is 5.85. The van der Waals surface area contributed by atoms with Crippen molar-refractivity contribution >= 4 is 16.9 Å². The van der Waals surface area contributed by atoms with E-state index < -0.39 is 5.63 Å². The maximum Gasteiger partial charge on any atom is 0.340 e. The van der Waals surface area contributed by atoms with Gasteiger partial charge in [-0.2, -0.15) is 4.98 Å². The Morgan fingerprint density at radius 3 is 2.89 bits per heavy atom. The lowest BCUT2D eigenvalue weighted by Crippen LogP contribution is -2.33. The van der Waals surface area contributed by atoms with Gasteiger partial charge in [0.25, 0.3) is 0 Å². The Morgan fingerprint density at radius 2 is 2.18 bits per heavy atom. The summed E-state index contributed by atoms with van der Waals surface area (Å²) >= 11 is 0. The smallest absolute Gasteiger partial charge is 0.340 e. The molecule has 1 fully saturated rings. The Labute approximate surface area is 161 Å². The van der Waals surface area contributed by atoms with Crippen molar-refractivity contribution in [2.75, 3.05) is 13.7 Å². The van der Waals surface area contributed by atoms with E-state index in [0.29, 0.717) is 35.2 Å². The number of carbonyl (C=O) groups is 1. The van der Waals surface area contributed by atoms with Crippen molar-refractivity contribution < 1.29 is 18.5 Å². The van der Waals surface area contributed by atoms with E-state index in [1.807, 2.05) is 13.0 Å². The molecule has 0 spiro atoms. The van der Waals surface area contributed by atoms with Gasteiger partial charge in [-0.25, -0.2) is 4.79 Å². The normalized spacial score (nSPS) is 16.7. The van der Waals surface area contributed by atoms with Crippen LogP contribution in [0.1, 0.15) is 41.7 Å². The zero-order chi connectivity index (χ0) is 19.8. The molecule has 0 saturated carbocycles. The highest BCUT2D eigenvalue weighted by Crippen LogP contribution is 2.32. The first kappa shape index (κ1) is 18.2. The molecule has 1 amide bonds. The second-order valence-corrected chi connectivity index (χ2v) is 6.96. The maximum atomic E-state index is 13.0. The Bertz CT molecular complexity index is 1100. The summed E-state index contributed by atoms with van der Waals surface area (Å²) in [4.78, 5) is 31.5. The third-order valence-electron chi connectivity index (χ3n) is 5.22. The van der Waals surface area contributed by atoms with Crippen molar-refractivity contribution in [3.63, 3.8) is 0 Å². The average molecular weight is 383 g/mol. The van der Waals surface area contributed by atoms with Crippen LogP contribution in [0, 0.1) is 13.8 Å². The summed E-state index contributed by atoms with van der Waals surface area (Å²) in [5, 5.41) is 4.60. The Hall–Kier alpha value is -3.16. The van der Waals surface area contributed by atoms with Gasteiger partial charge >= 0.3 is 5.63 Å². The second-order valence-electron chi connectivity index (χ2n) is 6.96. The van der Waals surface area contributed by atoms with E-state index >= 15 is 0 Å². The number of amides is 1. The number of likely N-dealkylation sites (tertiary alicyclic amines) is 1. The van der Waals surface area contributed by atoms with Crippen LogP contribution in [-0.4, -0.2) is 34.6 Å². The monoisotopic (exact) mass is 383 g/mol. The molecule has 1 saturated heterocycles. The molecule has 1 aromatic carbocycles. The van der Waals surface area contributed by atoms with Gasteiger partial charge in [0.1, 0.15) is 17.4 Å². The molecule has 1 unspecified atom stereocenters. The lowest BCUT2D eigenvalue weighted by atomic mass is 10.0. The molecule has 1 atom stereocenters. The number of rotatable bonds is 4. The molecule has 3 heterocycles. The van der Waals surface area contributed by atoms with Crippen molar-refractivity contribution in [3.05, 3.63) is 51.5 Å². The van der Waals surface area contributed by atoms with E-state index in [2.05, 4.69) is 10.1 Å². The molecule has 2 aromatic heterocycles. The summed E-state index contributed by atoms with van der Waals surface area (Å²) in [6.07, 6.45) is 1.58. The number of ether oxygens (including phenoxy) is 1. The SMILES string of the molecule is COc1ccc2c(C)c(CC(=O)N3CCCC3c3nc(C)no3)c(=O)oc2c1. The fourth-order valence-electron chi connectivity index (χ4n) is 3.73. The number of methoxy groups -OCH3 is 1. The van der Waals surface area contributed by atoms with Gasteiger partial charge in [-0.05, 0) is 44.4 Å². The van der Waals surface area contributed by atoms with Gasteiger partial charge in [0, 0.05) is 18.0 Å². The maximum absolute atomic E-state index is 13.0. The summed E-state index contributed by atoms with van der Waals surface area (Å²) in [6, 6.07) is 5.06. The number of nitrogens with zero attached hydrogens (tertiary/aromatic N) is 3. The van der Waals surface area contributed by atoms with Crippen LogP contribution in [0.5, 0.6) is 5.75 Å². The molecule has 3 aromatic rings. The third-order valence-corrected chi connectivity index (χ3v) is 5.22. The summed E-state index contributed by atoms with van der Waals surface area (Å²) in [5.74, 6) is 1.43. The predicted octanol–water partition coefficient (Wildman–Crippen LogP) is 2.71. The third kappa shape index (κ3) is 3.15. The van der Waals surface area contributed by atoms with Crippen molar-refractivity contribution in [3.8, 4) is 5.75 Å². The number of fused-ring (bicyclic) bond motifs is 1. The molecule has 0 aliphatic carbocycles. The van der Waals surface area contributed by atoms with E-state index in [1.54, 1.807) is 31.1 Å². The molecular weight excluding hydrogens is 362 g/mol. The minimum atomic E-state index is -0.504. The summed E-state index contributed by atoms with van der Waals surface area (Å²) < 4.78 is 15.9.